The molecule has 2 saturated carbocycles. The van der Waals surface area contributed by atoms with Gasteiger partial charge in [-0.3, -0.25) is 9.79 Å². The van der Waals surface area contributed by atoms with Gasteiger partial charge in [0.2, 0.25) is 5.91 Å². The summed E-state index contributed by atoms with van der Waals surface area (Å²) >= 11 is 0. The number of fused-ring (bicyclic) bond motifs is 1. The zero-order valence-electron chi connectivity index (χ0n) is 20.8. The van der Waals surface area contributed by atoms with Gasteiger partial charge in [0.1, 0.15) is 5.82 Å². The number of carbonyl (C=O) groups excluding carboxylic acids is 1. The number of rotatable bonds is 9. The van der Waals surface area contributed by atoms with Gasteiger partial charge in [-0.2, -0.15) is 0 Å². The van der Waals surface area contributed by atoms with E-state index in [0.29, 0.717) is 18.3 Å². The fourth-order valence-electron chi connectivity index (χ4n) is 6.58. The number of carbonyl (C=O) groups is 1. The van der Waals surface area contributed by atoms with Crippen molar-refractivity contribution in [3.05, 3.63) is 41.7 Å². The highest BCUT2D eigenvalue weighted by molar-refractivity contribution is 6.07. The number of nitrogens with one attached hydrogen (secondary N) is 2. The molecule has 0 spiro atoms. The third-order valence-electron chi connectivity index (χ3n) is 8.55. The lowest BCUT2D eigenvalue weighted by Gasteiger charge is -2.40. The molecule has 2 N–H and O–H groups in total. The number of aliphatic imine (C=N–C) groups is 1. The van der Waals surface area contributed by atoms with Gasteiger partial charge in [0.05, 0.1) is 5.69 Å². The summed E-state index contributed by atoms with van der Waals surface area (Å²) in [5.41, 5.74) is 3.09. The molecule has 1 aromatic carbocycles. The molecule has 0 aliphatic heterocycles. The van der Waals surface area contributed by atoms with Crippen LogP contribution in [0.5, 0.6) is 0 Å². The summed E-state index contributed by atoms with van der Waals surface area (Å²) in [6.45, 7) is 4.55. The molecule has 3 aliphatic carbocycles. The number of allylic oxidation sites excluding steroid dienone is 2. The Bertz CT molecular complexity index is 931. The van der Waals surface area contributed by atoms with Gasteiger partial charge in [-0.25, -0.2) is 4.39 Å². The molecule has 1 amide bonds. The third-order valence-corrected chi connectivity index (χ3v) is 8.55. The quantitative estimate of drug-likeness (QED) is 0.373. The zero-order chi connectivity index (χ0) is 24.1. The van der Waals surface area contributed by atoms with Crippen molar-refractivity contribution in [2.75, 3.05) is 0 Å². The van der Waals surface area contributed by atoms with Crippen LogP contribution in [0.3, 0.4) is 0 Å². The molecule has 0 aromatic heterocycles. The van der Waals surface area contributed by atoms with Gasteiger partial charge in [-0.1, -0.05) is 38.7 Å². The number of hydrogen-bond donors (Lipinski definition) is 2. The van der Waals surface area contributed by atoms with Crippen LogP contribution in [-0.4, -0.2) is 23.9 Å². The van der Waals surface area contributed by atoms with Crippen LogP contribution in [0.25, 0.3) is 0 Å². The van der Waals surface area contributed by atoms with Crippen molar-refractivity contribution in [2.45, 2.75) is 90.5 Å². The summed E-state index contributed by atoms with van der Waals surface area (Å²) in [5.74, 6) is 1.00. The Hall–Kier alpha value is -2.30. The average Bonchev–Trinajstić information content (AvgIpc) is 3.43. The first kappa shape index (κ1) is 24.8. The van der Waals surface area contributed by atoms with E-state index in [1.807, 2.05) is 0 Å². The first-order valence-electron chi connectivity index (χ1n) is 13.3. The summed E-state index contributed by atoms with van der Waals surface area (Å²) in [7, 11) is 0. The van der Waals surface area contributed by atoms with Crippen molar-refractivity contribution in [3.63, 3.8) is 0 Å². The van der Waals surface area contributed by atoms with Crippen molar-refractivity contribution in [1.82, 2.24) is 5.32 Å². The number of nitrogens with zero attached hydrogens (tertiary/aromatic N) is 1. The van der Waals surface area contributed by atoms with Gasteiger partial charge in [0, 0.05) is 30.3 Å². The van der Waals surface area contributed by atoms with Crippen LogP contribution in [0.2, 0.25) is 0 Å². The summed E-state index contributed by atoms with van der Waals surface area (Å²) in [6.07, 6.45) is 15.5. The summed E-state index contributed by atoms with van der Waals surface area (Å²) < 4.78 is 13.3. The van der Waals surface area contributed by atoms with E-state index >= 15 is 0 Å². The Morgan fingerprint density at radius 1 is 1.26 bits per heavy atom. The van der Waals surface area contributed by atoms with E-state index in [2.05, 4.69) is 25.2 Å². The van der Waals surface area contributed by atoms with Gasteiger partial charge in [0.15, 0.2) is 0 Å². The highest BCUT2D eigenvalue weighted by Gasteiger charge is 2.47. The minimum atomic E-state index is -0.266. The number of halogens is 1. The van der Waals surface area contributed by atoms with E-state index in [9.17, 15) is 9.18 Å². The molecule has 34 heavy (non-hydrogen) atoms. The standard InChI is InChI=1S/C29H40FN3O/c1-3-6-26(33-28(34)15-20-7-4-5-8-20)16-22-9-10-23-17-27(21(19-31)18-29(22,23)2)32-25-13-11-24(30)12-14-25/h11-14,17,19-22,26,31H,3-10,15-16,18H2,1-2H3,(H,33,34). The van der Waals surface area contributed by atoms with E-state index in [1.54, 1.807) is 12.1 Å². The fourth-order valence-corrected chi connectivity index (χ4v) is 6.58. The van der Waals surface area contributed by atoms with E-state index in [4.69, 9.17) is 10.4 Å². The molecule has 3 aliphatic rings. The molecule has 0 bridgehead atoms. The molecule has 4 atom stereocenters. The molecule has 184 valence electrons. The highest BCUT2D eigenvalue weighted by atomic mass is 19.1. The Labute approximate surface area is 204 Å². The molecular formula is C29H40FN3O. The van der Waals surface area contributed by atoms with E-state index in [1.165, 1.54) is 49.6 Å². The maximum absolute atomic E-state index is 13.3. The zero-order valence-corrected chi connectivity index (χ0v) is 20.8. The van der Waals surface area contributed by atoms with Crippen LogP contribution in [0, 0.1) is 34.4 Å². The van der Waals surface area contributed by atoms with Gasteiger partial charge >= 0.3 is 0 Å². The molecule has 2 fully saturated rings. The average molecular weight is 466 g/mol. The maximum Gasteiger partial charge on any atom is 0.220 e. The SMILES string of the molecule is CCCC(CC1CCC2=CC(=Nc3ccc(F)cc3)C(C=N)CC21C)NC(=O)CC1CCCC1. The van der Waals surface area contributed by atoms with Crippen LogP contribution in [0.4, 0.5) is 10.1 Å². The van der Waals surface area contributed by atoms with Crippen LogP contribution in [0.1, 0.15) is 84.5 Å². The fraction of sp³-hybridized carbons (Fsp3) is 0.621. The molecule has 4 unspecified atom stereocenters. The van der Waals surface area contributed by atoms with Gasteiger partial charge in [0.25, 0.3) is 0 Å². The van der Waals surface area contributed by atoms with Crippen molar-refractivity contribution >= 4 is 23.5 Å². The Kier molecular flexibility index (Phi) is 8.00. The second kappa shape index (κ2) is 11.0. The summed E-state index contributed by atoms with van der Waals surface area (Å²) in [6, 6.07) is 6.47. The lowest BCUT2D eigenvalue weighted by Crippen LogP contribution is -2.40. The number of benzene rings is 1. The number of amides is 1. The topological polar surface area (TPSA) is 65.3 Å². The first-order chi connectivity index (χ1) is 16.4. The van der Waals surface area contributed by atoms with Crippen LogP contribution in [0.15, 0.2) is 40.9 Å². The molecular weight excluding hydrogens is 425 g/mol. The monoisotopic (exact) mass is 465 g/mol. The summed E-state index contributed by atoms with van der Waals surface area (Å²) in [4.78, 5) is 17.5. The molecule has 4 rings (SSSR count). The van der Waals surface area contributed by atoms with Gasteiger partial charge < -0.3 is 10.7 Å². The molecule has 0 radical (unpaired) electrons. The Morgan fingerprint density at radius 2 is 2.00 bits per heavy atom. The second-order valence-electron chi connectivity index (χ2n) is 11.0. The first-order valence-corrected chi connectivity index (χ1v) is 13.3. The van der Waals surface area contributed by atoms with Crippen LogP contribution >= 0.6 is 0 Å². The molecule has 5 heteroatoms. The van der Waals surface area contributed by atoms with Crippen LogP contribution < -0.4 is 5.32 Å². The van der Waals surface area contributed by atoms with E-state index in [-0.39, 0.29) is 29.1 Å². The Morgan fingerprint density at radius 3 is 2.68 bits per heavy atom. The molecule has 1 aromatic rings. The van der Waals surface area contributed by atoms with E-state index in [0.717, 1.165) is 49.9 Å². The summed E-state index contributed by atoms with van der Waals surface area (Å²) in [5, 5.41) is 11.5. The predicted molar refractivity (Wildman–Crippen MR) is 137 cm³/mol. The minimum absolute atomic E-state index is 0.0339. The Balaban J connectivity index is 1.47. The molecule has 4 nitrogen and oxygen atoms in total. The molecule has 0 saturated heterocycles. The smallest absolute Gasteiger partial charge is 0.220 e. The van der Waals surface area contributed by atoms with Gasteiger partial charge in [-0.15, -0.1) is 0 Å². The predicted octanol–water partition coefficient (Wildman–Crippen LogP) is 7.17. The van der Waals surface area contributed by atoms with Crippen LogP contribution in [-0.2, 0) is 4.79 Å². The van der Waals surface area contributed by atoms with Crippen molar-refractivity contribution in [2.24, 2.45) is 28.2 Å². The third kappa shape index (κ3) is 5.67. The number of hydrogen-bond acceptors (Lipinski definition) is 3. The largest absolute Gasteiger partial charge is 0.353 e. The lowest BCUT2D eigenvalue weighted by atomic mass is 9.65. The second-order valence-corrected chi connectivity index (χ2v) is 11.0. The minimum Gasteiger partial charge on any atom is -0.353 e. The van der Waals surface area contributed by atoms with Crippen molar-refractivity contribution in [1.29, 1.82) is 5.41 Å². The van der Waals surface area contributed by atoms with E-state index < -0.39 is 0 Å². The lowest BCUT2D eigenvalue weighted by molar-refractivity contribution is -0.122. The van der Waals surface area contributed by atoms with Crippen molar-refractivity contribution < 1.29 is 9.18 Å². The normalized spacial score (nSPS) is 29.0. The molecule has 0 heterocycles. The highest BCUT2D eigenvalue weighted by Crippen LogP contribution is 2.55. The van der Waals surface area contributed by atoms with Gasteiger partial charge in [-0.05, 0) is 92.5 Å². The maximum atomic E-state index is 13.3. The van der Waals surface area contributed by atoms with Crippen molar-refractivity contribution in [3.8, 4) is 0 Å².